The molecule has 0 amide bonds. The van der Waals surface area contributed by atoms with Crippen molar-refractivity contribution >= 4 is 22.2 Å². The van der Waals surface area contributed by atoms with Crippen molar-refractivity contribution in [2.24, 2.45) is 0 Å². The molecule has 0 atom stereocenters. The van der Waals surface area contributed by atoms with E-state index in [9.17, 15) is 4.39 Å². The van der Waals surface area contributed by atoms with E-state index >= 15 is 0 Å². The maximum Gasteiger partial charge on any atom is 0.222 e. The van der Waals surface area contributed by atoms with Gasteiger partial charge >= 0.3 is 0 Å². The molecule has 146 valence electrons. The van der Waals surface area contributed by atoms with Crippen LogP contribution in [-0.4, -0.2) is 37.3 Å². The molecule has 0 aliphatic rings. The zero-order chi connectivity index (χ0) is 19.8. The van der Waals surface area contributed by atoms with Crippen LogP contribution in [0.1, 0.15) is 7.12 Å². The summed E-state index contributed by atoms with van der Waals surface area (Å²) < 4.78 is 21.7. The topological polar surface area (TPSA) is 81.5 Å². The average Bonchev–Trinajstić information content (AvgIpc) is 3.49. The molecule has 29 heavy (non-hydrogen) atoms. The first-order valence-electron chi connectivity index (χ1n) is 8.82. The van der Waals surface area contributed by atoms with Gasteiger partial charge in [-0.1, -0.05) is 6.07 Å². The van der Waals surface area contributed by atoms with Gasteiger partial charge < -0.3 is 9.30 Å². The molecule has 0 aliphatic carbocycles. The number of benzene rings is 1. The quantitative estimate of drug-likeness (QED) is 0.467. The monoisotopic (exact) mass is 408 g/mol. The van der Waals surface area contributed by atoms with Crippen molar-refractivity contribution in [3.8, 4) is 28.5 Å². The van der Waals surface area contributed by atoms with Crippen molar-refractivity contribution in [3.05, 3.63) is 64.7 Å². The highest BCUT2D eigenvalue weighted by atomic mass is 32.1. The molecular formula is C20H17FN6OS. The van der Waals surface area contributed by atoms with E-state index in [0.717, 1.165) is 27.9 Å². The average molecular weight is 408 g/mol. The fraction of sp³-hybridized carbons (Fsp3) is 0.100. The van der Waals surface area contributed by atoms with Crippen LogP contribution in [0.2, 0.25) is 0 Å². The van der Waals surface area contributed by atoms with E-state index in [1.54, 1.807) is 17.4 Å². The predicted molar refractivity (Wildman–Crippen MR) is 110 cm³/mol. The molecule has 0 saturated carbocycles. The Bertz CT molecular complexity index is 1290. The number of pyridine rings is 1. The van der Waals surface area contributed by atoms with E-state index in [4.69, 9.17) is 4.74 Å². The Morgan fingerprint density at radius 2 is 2.17 bits per heavy atom. The molecule has 0 saturated heterocycles. The van der Waals surface area contributed by atoms with Crippen molar-refractivity contribution in [2.45, 2.75) is 6.54 Å². The normalized spacial score (nSPS) is 11.2. The largest absolute Gasteiger partial charge is 0.494 e. The number of halogens is 1. The van der Waals surface area contributed by atoms with Crippen molar-refractivity contribution in [1.82, 2.24) is 30.2 Å². The van der Waals surface area contributed by atoms with Gasteiger partial charge in [0.2, 0.25) is 5.82 Å². The van der Waals surface area contributed by atoms with Crippen molar-refractivity contribution in [2.75, 3.05) is 7.11 Å². The number of tetrazole rings is 1. The number of hydrogen-bond acceptors (Lipinski definition) is 6. The minimum Gasteiger partial charge on any atom is -0.494 e. The van der Waals surface area contributed by atoms with Gasteiger partial charge in [-0.15, -0.1) is 10.2 Å². The summed E-state index contributed by atoms with van der Waals surface area (Å²) in [5.41, 5.74) is 4.26. The maximum atomic E-state index is 14.5. The van der Waals surface area contributed by atoms with Crippen LogP contribution in [0.5, 0.6) is 5.75 Å². The second-order valence-electron chi connectivity index (χ2n) is 6.42. The third kappa shape index (κ3) is 3.15. The van der Waals surface area contributed by atoms with Gasteiger partial charge in [-0.25, -0.2) is 9.37 Å². The minimum absolute atomic E-state index is 0. The Morgan fingerprint density at radius 1 is 1.24 bits per heavy atom. The van der Waals surface area contributed by atoms with E-state index in [1.165, 1.54) is 13.2 Å². The van der Waals surface area contributed by atoms with Crippen molar-refractivity contribution in [3.63, 3.8) is 0 Å². The Labute approximate surface area is 170 Å². The number of methoxy groups -OCH3 is 1. The van der Waals surface area contributed by atoms with Gasteiger partial charge in [0.05, 0.1) is 30.6 Å². The molecule has 0 fully saturated rings. The molecular weight excluding hydrogens is 391 g/mol. The van der Waals surface area contributed by atoms with Gasteiger partial charge in [0.1, 0.15) is 5.69 Å². The SMILES string of the molecule is COc1cc2cc(-c3ccsc3)n(Cc3cccc(-c4nn[nH]n4)n3)c2cc1F.[HH]. The van der Waals surface area contributed by atoms with Crippen LogP contribution in [0.3, 0.4) is 0 Å². The van der Waals surface area contributed by atoms with Crippen LogP contribution in [0.4, 0.5) is 4.39 Å². The molecule has 1 N–H and O–H groups in total. The number of fused-ring (bicyclic) bond motifs is 1. The summed E-state index contributed by atoms with van der Waals surface area (Å²) in [5.74, 6) is 0.256. The molecule has 4 heterocycles. The molecule has 0 radical (unpaired) electrons. The fourth-order valence-corrected chi connectivity index (χ4v) is 4.01. The Balaban J connectivity index is 0.00000218. The summed E-state index contributed by atoms with van der Waals surface area (Å²) in [6.07, 6.45) is 0. The molecule has 0 bridgehead atoms. The highest BCUT2D eigenvalue weighted by Gasteiger charge is 2.16. The smallest absolute Gasteiger partial charge is 0.222 e. The highest BCUT2D eigenvalue weighted by molar-refractivity contribution is 7.08. The van der Waals surface area contributed by atoms with E-state index < -0.39 is 5.82 Å². The Kier molecular flexibility index (Phi) is 4.28. The number of thiophene rings is 1. The van der Waals surface area contributed by atoms with Gasteiger partial charge in [-0.2, -0.15) is 16.6 Å². The van der Waals surface area contributed by atoms with Crippen LogP contribution >= 0.6 is 11.3 Å². The first-order valence-corrected chi connectivity index (χ1v) is 9.76. The Hall–Kier alpha value is -3.59. The van der Waals surface area contributed by atoms with Gasteiger partial charge in [0.15, 0.2) is 11.6 Å². The zero-order valence-electron chi connectivity index (χ0n) is 15.3. The number of aromatic amines is 1. The number of H-pyrrole nitrogens is 1. The van der Waals surface area contributed by atoms with Crippen LogP contribution < -0.4 is 4.74 Å². The number of nitrogens with zero attached hydrogens (tertiary/aromatic N) is 5. The molecule has 0 unspecified atom stereocenters. The minimum atomic E-state index is -0.398. The molecule has 0 aliphatic heterocycles. The molecule has 1 aromatic carbocycles. The summed E-state index contributed by atoms with van der Waals surface area (Å²) in [6.45, 7) is 0.464. The summed E-state index contributed by atoms with van der Waals surface area (Å²) in [6, 6.07) is 13.0. The fourth-order valence-electron chi connectivity index (χ4n) is 3.36. The molecule has 5 rings (SSSR count). The zero-order valence-corrected chi connectivity index (χ0v) is 16.2. The third-order valence-electron chi connectivity index (χ3n) is 4.69. The summed E-state index contributed by atoms with van der Waals surface area (Å²) in [4.78, 5) is 4.65. The van der Waals surface area contributed by atoms with E-state index in [-0.39, 0.29) is 7.18 Å². The first-order chi connectivity index (χ1) is 14.2. The molecule has 4 aromatic heterocycles. The lowest BCUT2D eigenvalue weighted by Crippen LogP contribution is -2.04. The molecule has 7 nitrogen and oxygen atoms in total. The van der Waals surface area contributed by atoms with Crippen molar-refractivity contribution in [1.29, 1.82) is 0 Å². The van der Waals surface area contributed by atoms with Gasteiger partial charge in [0, 0.05) is 23.8 Å². The molecule has 0 spiro atoms. The van der Waals surface area contributed by atoms with E-state index in [2.05, 4.69) is 35.6 Å². The van der Waals surface area contributed by atoms with Crippen LogP contribution in [0.25, 0.3) is 33.7 Å². The number of ether oxygens (including phenoxy) is 1. The highest BCUT2D eigenvalue weighted by Crippen LogP contribution is 2.33. The molecule has 9 heteroatoms. The lowest BCUT2D eigenvalue weighted by atomic mass is 10.2. The number of aromatic nitrogens is 6. The van der Waals surface area contributed by atoms with Gasteiger partial charge in [-0.05, 0) is 40.9 Å². The van der Waals surface area contributed by atoms with E-state index in [1.807, 2.05) is 35.7 Å². The summed E-state index contributed by atoms with van der Waals surface area (Å²) >= 11 is 1.62. The number of nitrogens with one attached hydrogen (secondary N) is 1. The third-order valence-corrected chi connectivity index (χ3v) is 5.38. The van der Waals surface area contributed by atoms with Gasteiger partial charge in [-0.3, -0.25) is 0 Å². The lowest BCUT2D eigenvalue weighted by molar-refractivity contribution is 0.387. The summed E-state index contributed by atoms with van der Waals surface area (Å²) in [5, 5.41) is 19.0. The van der Waals surface area contributed by atoms with E-state index in [0.29, 0.717) is 18.1 Å². The van der Waals surface area contributed by atoms with Crippen molar-refractivity contribution < 1.29 is 10.6 Å². The van der Waals surface area contributed by atoms with Crippen LogP contribution in [0, 0.1) is 5.82 Å². The van der Waals surface area contributed by atoms with Crippen LogP contribution in [0.15, 0.2) is 53.2 Å². The molecule has 5 aromatic rings. The predicted octanol–water partition coefficient (Wildman–Crippen LogP) is 4.39. The standard InChI is InChI=1S/C20H15FN6OS.H2/c1-28-19-8-13-7-17(12-5-6-29-11-12)27(18(13)9-15(19)21)10-14-3-2-4-16(22-14)20-23-25-26-24-20;/h2-9,11H,10H2,1H3,(H,23,24,25,26);1H. The second-order valence-corrected chi connectivity index (χ2v) is 7.20. The second kappa shape index (κ2) is 7.10. The lowest BCUT2D eigenvalue weighted by Gasteiger charge is -2.11. The number of hydrogen-bond donors (Lipinski definition) is 1. The Morgan fingerprint density at radius 3 is 2.93 bits per heavy atom. The summed E-state index contributed by atoms with van der Waals surface area (Å²) in [7, 11) is 1.47. The first kappa shape index (κ1) is 17.5. The maximum absolute atomic E-state index is 14.5. The number of rotatable bonds is 5. The van der Waals surface area contributed by atoms with Crippen LogP contribution in [-0.2, 0) is 6.54 Å². The van der Waals surface area contributed by atoms with Gasteiger partial charge in [0.25, 0.3) is 0 Å².